The minimum absolute atomic E-state index is 0.0197. The van der Waals surface area contributed by atoms with Gasteiger partial charge in [0.05, 0.1) is 12.8 Å². The predicted octanol–water partition coefficient (Wildman–Crippen LogP) is 5.77. The van der Waals surface area contributed by atoms with Gasteiger partial charge in [0, 0.05) is 54.2 Å². The SMILES string of the molecule is CO[C@@]1(c2cccnc2)[C@@H](S)O[C@@]2(Cl)COC(c3ccccc3)O[C@@H]2C1(c1cccnc1)n1cc(-c2cc(F)c(F)c(F)c2)nn1. The van der Waals surface area contributed by atoms with Crippen LogP contribution in [0, 0.1) is 17.5 Å². The Kier molecular flexibility index (Phi) is 7.86. The van der Waals surface area contributed by atoms with Crippen LogP contribution in [0.25, 0.3) is 11.3 Å². The Morgan fingerprint density at radius 1 is 0.957 bits per heavy atom. The van der Waals surface area contributed by atoms with E-state index >= 15 is 0 Å². The van der Waals surface area contributed by atoms with Crippen molar-refractivity contribution in [2.45, 2.75) is 34.0 Å². The van der Waals surface area contributed by atoms with E-state index in [0.717, 1.165) is 12.1 Å². The summed E-state index contributed by atoms with van der Waals surface area (Å²) < 4.78 is 70.0. The third kappa shape index (κ3) is 4.56. The van der Waals surface area contributed by atoms with Crippen molar-refractivity contribution in [3.63, 3.8) is 0 Å². The van der Waals surface area contributed by atoms with Crippen LogP contribution in [0.15, 0.2) is 97.7 Å². The summed E-state index contributed by atoms with van der Waals surface area (Å²) in [5, 5.41) is 7.07. The van der Waals surface area contributed by atoms with E-state index in [1.165, 1.54) is 18.0 Å². The number of fused-ring (bicyclic) bond motifs is 1. The molecule has 0 aliphatic carbocycles. The van der Waals surface area contributed by atoms with Gasteiger partial charge in [0.2, 0.25) is 0 Å². The number of halogens is 4. The van der Waals surface area contributed by atoms with Gasteiger partial charge in [-0.3, -0.25) is 9.97 Å². The van der Waals surface area contributed by atoms with Gasteiger partial charge >= 0.3 is 0 Å². The minimum Gasteiger partial charge on any atom is -0.367 e. The van der Waals surface area contributed by atoms with E-state index in [1.54, 1.807) is 49.1 Å². The first kappa shape index (κ1) is 30.8. The molecule has 46 heavy (non-hydrogen) atoms. The maximum Gasteiger partial charge on any atom is 0.195 e. The van der Waals surface area contributed by atoms with E-state index in [1.807, 2.05) is 30.3 Å². The number of thiol groups is 1. The monoisotopic (exact) mass is 667 g/mol. The van der Waals surface area contributed by atoms with Gasteiger partial charge < -0.3 is 18.9 Å². The van der Waals surface area contributed by atoms with Crippen LogP contribution in [0.5, 0.6) is 0 Å². The molecule has 2 saturated heterocycles. The highest BCUT2D eigenvalue weighted by atomic mass is 35.5. The van der Waals surface area contributed by atoms with Gasteiger partial charge in [-0.15, -0.1) is 17.7 Å². The number of methoxy groups -OCH3 is 1. The normalized spacial score (nSPS) is 29.3. The van der Waals surface area contributed by atoms with Gasteiger partial charge in [-0.1, -0.05) is 59.3 Å². The van der Waals surface area contributed by atoms with Crippen LogP contribution in [0.3, 0.4) is 0 Å². The van der Waals surface area contributed by atoms with Gasteiger partial charge in [0.25, 0.3) is 0 Å². The van der Waals surface area contributed by atoms with E-state index in [-0.39, 0.29) is 17.9 Å². The fraction of sp³-hybridized carbons (Fsp3) is 0.250. The average molecular weight is 668 g/mol. The maximum absolute atomic E-state index is 14.4. The molecule has 6 atom stereocenters. The van der Waals surface area contributed by atoms with Crippen molar-refractivity contribution in [1.29, 1.82) is 0 Å². The van der Waals surface area contributed by atoms with Crippen LogP contribution < -0.4 is 0 Å². The van der Waals surface area contributed by atoms with Crippen molar-refractivity contribution < 1.29 is 32.1 Å². The lowest BCUT2D eigenvalue weighted by molar-refractivity contribution is -0.361. The lowest BCUT2D eigenvalue weighted by atomic mass is 9.64. The largest absolute Gasteiger partial charge is 0.367 e. The van der Waals surface area contributed by atoms with Crippen molar-refractivity contribution >= 4 is 24.2 Å². The van der Waals surface area contributed by atoms with Crippen LogP contribution >= 0.6 is 24.2 Å². The third-order valence-electron chi connectivity index (χ3n) is 8.40. The first-order chi connectivity index (χ1) is 22.2. The fourth-order valence-electron chi connectivity index (χ4n) is 6.44. The lowest BCUT2D eigenvalue weighted by Crippen LogP contribution is -2.77. The molecule has 0 amide bonds. The number of benzene rings is 2. The molecule has 2 fully saturated rings. The van der Waals surface area contributed by atoms with Crippen molar-refractivity contribution in [2.24, 2.45) is 0 Å². The molecule has 0 radical (unpaired) electrons. The molecule has 236 valence electrons. The molecule has 2 aliphatic heterocycles. The van der Waals surface area contributed by atoms with Crippen LogP contribution in [-0.4, -0.2) is 55.3 Å². The van der Waals surface area contributed by atoms with Crippen LogP contribution in [0.4, 0.5) is 13.2 Å². The Morgan fingerprint density at radius 3 is 2.26 bits per heavy atom. The predicted molar refractivity (Wildman–Crippen MR) is 162 cm³/mol. The van der Waals surface area contributed by atoms with Crippen LogP contribution in [0.2, 0.25) is 0 Å². The molecule has 3 aromatic heterocycles. The molecule has 2 aliphatic rings. The van der Waals surface area contributed by atoms with E-state index in [2.05, 4.69) is 20.3 Å². The summed E-state index contributed by atoms with van der Waals surface area (Å²) in [6, 6.07) is 17.9. The van der Waals surface area contributed by atoms with Gasteiger partial charge in [-0.25, -0.2) is 17.9 Å². The van der Waals surface area contributed by atoms with Crippen molar-refractivity contribution in [3.8, 4) is 11.3 Å². The quantitative estimate of drug-likeness (QED) is 0.139. The average Bonchev–Trinajstić information content (AvgIpc) is 3.58. The van der Waals surface area contributed by atoms with E-state index in [0.29, 0.717) is 16.7 Å². The second-order valence-electron chi connectivity index (χ2n) is 10.8. The van der Waals surface area contributed by atoms with Crippen molar-refractivity contribution in [2.75, 3.05) is 13.7 Å². The molecule has 2 aromatic carbocycles. The number of ether oxygens (including phenoxy) is 4. The number of pyridine rings is 2. The molecule has 0 spiro atoms. The number of alkyl halides is 1. The number of hydrogen-bond donors (Lipinski definition) is 1. The maximum atomic E-state index is 14.4. The second-order valence-corrected chi connectivity index (χ2v) is 11.9. The summed E-state index contributed by atoms with van der Waals surface area (Å²) in [7, 11) is 1.47. The Hall–Kier alpha value is -3.85. The number of nitrogens with zero attached hydrogens (tertiary/aromatic N) is 5. The smallest absolute Gasteiger partial charge is 0.195 e. The molecule has 5 aromatic rings. The number of rotatable bonds is 6. The summed E-state index contributed by atoms with van der Waals surface area (Å²) >= 11 is 12.3. The highest BCUT2D eigenvalue weighted by molar-refractivity contribution is 7.80. The van der Waals surface area contributed by atoms with Crippen molar-refractivity contribution in [3.05, 3.63) is 132 Å². The topological polar surface area (TPSA) is 93.4 Å². The zero-order chi connectivity index (χ0) is 32.1. The minimum atomic E-state index is -1.70. The molecule has 14 heteroatoms. The zero-order valence-electron chi connectivity index (χ0n) is 24.0. The molecule has 2 unspecified atom stereocenters. The molecular weight excluding hydrogens is 643 g/mol. The molecular formula is C32H25ClF3N5O4S. The standard InChI is InChI=1S/C32H25ClF3N5O4S/c1-42-32(22-10-6-12-38-16-22)29(46)45-30(33)18-43-27(19-7-3-2-4-8-19)44-28(30)31(32,21-9-5-11-37-15-21)41-17-25(39-40-41)20-13-23(34)26(36)24(35)14-20/h2-17,27-29,46H,18H2,1H3/t27?,28-,29+,30-,31?,32-/m0/s1. The van der Waals surface area contributed by atoms with Crippen LogP contribution in [-0.2, 0) is 30.1 Å². The highest BCUT2D eigenvalue weighted by Crippen LogP contribution is 2.62. The number of aromatic nitrogens is 5. The highest BCUT2D eigenvalue weighted by Gasteiger charge is 2.75. The first-order valence-corrected chi connectivity index (χ1v) is 14.9. The second kappa shape index (κ2) is 11.7. The molecule has 0 N–H and O–H groups in total. The van der Waals surface area contributed by atoms with Crippen LogP contribution in [0.1, 0.15) is 23.0 Å². The van der Waals surface area contributed by atoms with E-state index < -0.39 is 51.5 Å². The van der Waals surface area contributed by atoms with E-state index in [4.69, 9.17) is 43.2 Å². The summed E-state index contributed by atoms with van der Waals surface area (Å²) in [6.07, 6.45) is 5.73. The first-order valence-electron chi connectivity index (χ1n) is 14.1. The fourth-order valence-corrected chi connectivity index (χ4v) is 7.50. The Morgan fingerprint density at radius 2 is 1.63 bits per heavy atom. The summed E-state index contributed by atoms with van der Waals surface area (Å²) in [5.41, 5.74) is -2.80. The van der Waals surface area contributed by atoms with Gasteiger partial charge in [0.1, 0.15) is 17.2 Å². The van der Waals surface area contributed by atoms with Crippen molar-refractivity contribution in [1.82, 2.24) is 25.0 Å². The Labute approximate surface area is 271 Å². The van der Waals surface area contributed by atoms with Gasteiger partial charge in [-0.05, 0) is 24.3 Å². The van der Waals surface area contributed by atoms with Gasteiger partial charge in [0.15, 0.2) is 39.9 Å². The third-order valence-corrected chi connectivity index (χ3v) is 9.27. The van der Waals surface area contributed by atoms with Gasteiger partial charge in [-0.2, -0.15) is 0 Å². The molecule has 0 bridgehead atoms. The molecule has 0 saturated carbocycles. The Bertz CT molecular complexity index is 1840. The number of hydrogen-bond acceptors (Lipinski definition) is 9. The summed E-state index contributed by atoms with van der Waals surface area (Å²) in [5.74, 6) is -4.37. The Balaban J connectivity index is 1.55. The summed E-state index contributed by atoms with van der Waals surface area (Å²) in [6.45, 7) is -0.152. The lowest BCUT2D eigenvalue weighted by Gasteiger charge is -2.63. The summed E-state index contributed by atoms with van der Waals surface area (Å²) in [4.78, 5) is 8.77. The molecule has 5 heterocycles. The molecule has 7 rings (SSSR count). The van der Waals surface area contributed by atoms with E-state index in [9.17, 15) is 13.2 Å². The molecule has 9 nitrogen and oxygen atoms in total. The zero-order valence-corrected chi connectivity index (χ0v) is 25.7.